The average molecular weight is 324 g/mol. The number of hydrogen-bond donors (Lipinski definition) is 1. The van der Waals surface area contributed by atoms with E-state index in [9.17, 15) is 9.90 Å². The number of piperidine rings is 1. The highest BCUT2D eigenvalue weighted by Gasteiger charge is 2.29. The van der Waals surface area contributed by atoms with Gasteiger partial charge in [-0.3, -0.25) is 4.79 Å². The highest BCUT2D eigenvalue weighted by molar-refractivity contribution is 6.32. The van der Waals surface area contributed by atoms with Gasteiger partial charge in [-0.15, -0.1) is 0 Å². The molecule has 0 atom stereocenters. The van der Waals surface area contributed by atoms with E-state index in [4.69, 9.17) is 16.3 Å². The maximum Gasteiger partial charge on any atom is 0.253 e. The Bertz CT molecular complexity index is 535. The molecule has 0 radical (unpaired) electrons. The van der Waals surface area contributed by atoms with E-state index < -0.39 is 0 Å². The van der Waals surface area contributed by atoms with Crippen LogP contribution in [0.15, 0.2) is 18.2 Å². The zero-order chi connectivity index (χ0) is 15.5. The largest absolute Gasteiger partial charge is 0.506 e. The van der Waals surface area contributed by atoms with Crippen LogP contribution in [0.25, 0.3) is 0 Å². The highest BCUT2D eigenvalue weighted by Crippen LogP contribution is 2.32. The number of phenols is 1. The zero-order valence-corrected chi connectivity index (χ0v) is 13.4. The zero-order valence-electron chi connectivity index (χ0n) is 12.6. The number of carbonyl (C=O) groups is 1. The number of halogens is 1. The van der Waals surface area contributed by atoms with Gasteiger partial charge in [0.15, 0.2) is 0 Å². The van der Waals surface area contributed by atoms with Gasteiger partial charge in [-0.25, -0.2) is 0 Å². The number of ether oxygens (including phenoxy) is 1. The first-order valence-corrected chi connectivity index (χ1v) is 8.38. The van der Waals surface area contributed by atoms with Gasteiger partial charge < -0.3 is 14.7 Å². The monoisotopic (exact) mass is 323 g/mol. The number of benzene rings is 1. The van der Waals surface area contributed by atoms with E-state index in [2.05, 4.69) is 0 Å². The minimum atomic E-state index is 0.00678. The quantitative estimate of drug-likeness (QED) is 0.908. The average Bonchev–Trinajstić information content (AvgIpc) is 2.58. The third kappa shape index (κ3) is 3.39. The van der Waals surface area contributed by atoms with Crippen LogP contribution in [0.2, 0.25) is 5.02 Å². The van der Waals surface area contributed by atoms with Crippen LogP contribution in [-0.2, 0) is 4.74 Å². The second-order valence-corrected chi connectivity index (χ2v) is 6.65. The van der Waals surface area contributed by atoms with Crippen LogP contribution >= 0.6 is 11.6 Å². The Balaban J connectivity index is 1.58. The molecule has 2 heterocycles. The molecule has 0 spiro atoms. The van der Waals surface area contributed by atoms with Crippen molar-refractivity contribution >= 4 is 17.5 Å². The van der Waals surface area contributed by atoms with Crippen LogP contribution in [0.5, 0.6) is 5.75 Å². The molecule has 0 aliphatic carbocycles. The Morgan fingerprint density at radius 1 is 1.14 bits per heavy atom. The molecule has 0 aromatic heterocycles. The van der Waals surface area contributed by atoms with E-state index in [1.54, 1.807) is 12.1 Å². The van der Waals surface area contributed by atoms with Crippen LogP contribution in [0.3, 0.4) is 0 Å². The first-order valence-electron chi connectivity index (χ1n) is 8.00. The lowest BCUT2D eigenvalue weighted by molar-refractivity contribution is 0.0288. The molecule has 0 saturated carbocycles. The summed E-state index contributed by atoms with van der Waals surface area (Å²) in [6.07, 6.45) is 4.46. The van der Waals surface area contributed by atoms with Crippen molar-refractivity contribution in [2.45, 2.75) is 25.7 Å². The topological polar surface area (TPSA) is 49.8 Å². The molecule has 1 aromatic rings. The van der Waals surface area contributed by atoms with Crippen LogP contribution in [0.1, 0.15) is 36.0 Å². The molecule has 5 heteroatoms. The molecule has 22 heavy (non-hydrogen) atoms. The first kappa shape index (κ1) is 15.6. The number of likely N-dealkylation sites (tertiary alicyclic amines) is 1. The Morgan fingerprint density at radius 2 is 1.77 bits per heavy atom. The Hall–Kier alpha value is -1.26. The van der Waals surface area contributed by atoms with Crippen molar-refractivity contribution in [2.75, 3.05) is 26.3 Å². The van der Waals surface area contributed by atoms with Crippen LogP contribution in [0.4, 0.5) is 0 Å². The lowest BCUT2D eigenvalue weighted by atomic mass is 9.80. The summed E-state index contributed by atoms with van der Waals surface area (Å²) in [6, 6.07) is 4.65. The number of aromatic hydroxyl groups is 1. The predicted molar refractivity (Wildman–Crippen MR) is 85.3 cm³/mol. The van der Waals surface area contributed by atoms with Crippen LogP contribution in [-0.4, -0.2) is 42.2 Å². The first-order chi connectivity index (χ1) is 10.6. The smallest absolute Gasteiger partial charge is 0.253 e. The van der Waals surface area contributed by atoms with Gasteiger partial charge >= 0.3 is 0 Å². The lowest BCUT2D eigenvalue weighted by Gasteiger charge is -2.37. The van der Waals surface area contributed by atoms with Gasteiger partial charge in [-0.2, -0.15) is 0 Å². The van der Waals surface area contributed by atoms with E-state index in [-0.39, 0.29) is 16.7 Å². The Morgan fingerprint density at radius 3 is 2.41 bits per heavy atom. The Kier molecular flexibility index (Phi) is 4.89. The summed E-state index contributed by atoms with van der Waals surface area (Å²) in [7, 11) is 0. The molecule has 1 amide bonds. The van der Waals surface area contributed by atoms with Gasteiger partial charge in [0.1, 0.15) is 5.75 Å². The minimum absolute atomic E-state index is 0.00678. The van der Waals surface area contributed by atoms with Gasteiger partial charge in [-0.1, -0.05) is 11.6 Å². The summed E-state index contributed by atoms with van der Waals surface area (Å²) < 4.78 is 5.43. The summed E-state index contributed by atoms with van der Waals surface area (Å²) in [4.78, 5) is 14.4. The van der Waals surface area contributed by atoms with Crippen molar-refractivity contribution in [3.05, 3.63) is 28.8 Å². The van der Waals surface area contributed by atoms with Crippen molar-refractivity contribution in [1.29, 1.82) is 0 Å². The molecule has 2 aliphatic rings. The number of hydrogen-bond acceptors (Lipinski definition) is 3. The second-order valence-electron chi connectivity index (χ2n) is 6.25. The van der Waals surface area contributed by atoms with E-state index >= 15 is 0 Å². The third-order valence-corrected chi connectivity index (χ3v) is 5.26. The van der Waals surface area contributed by atoms with Crippen molar-refractivity contribution < 1.29 is 14.6 Å². The summed E-state index contributed by atoms with van der Waals surface area (Å²) in [5.41, 5.74) is 0.548. The fraction of sp³-hybridized carbons (Fsp3) is 0.588. The summed E-state index contributed by atoms with van der Waals surface area (Å²) in [5, 5.41) is 9.67. The fourth-order valence-electron chi connectivity index (χ4n) is 3.58. The van der Waals surface area contributed by atoms with Crippen LogP contribution in [0, 0.1) is 11.8 Å². The third-order valence-electron chi connectivity index (χ3n) is 4.95. The van der Waals surface area contributed by atoms with Gasteiger partial charge in [-0.05, 0) is 55.7 Å². The number of nitrogens with zero attached hydrogens (tertiary/aromatic N) is 1. The summed E-state index contributed by atoms with van der Waals surface area (Å²) in [6.45, 7) is 3.38. The molecule has 4 nitrogen and oxygen atoms in total. The maximum absolute atomic E-state index is 12.5. The molecule has 1 N–H and O–H groups in total. The highest BCUT2D eigenvalue weighted by atomic mass is 35.5. The number of phenolic OH excluding ortho intramolecular Hbond substituents is 1. The SMILES string of the molecule is O=C(c1ccc(O)c(Cl)c1)N1CCC(C2CCOCC2)CC1. The van der Waals surface area contributed by atoms with Crippen molar-refractivity contribution in [2.24, 2.45) is 11.8 Å². The van der Waals surface area contributed by atoms with E-state index in [0.29, 0.717) is 5.56 Å². The second kappa shape index (κ2) is 6.88. The molecule has 3 rings (SSSR count). The molecule has 1 aromatic carbocycles. The number of rotatable bonds is 2. The maximum atomic E-state index is 12.5. The van der Waals surface area contributed by atoms with Crippen LogP contribution < -0.4 is 0 Å². The van der Waals surface area contributed by atoms with Gasteiger partial charge in [0.25, 0.3) is 5.91 Å². The molecule has 120 valence electrons. The molecule has 2 saturated heterocycles. The number of carbonyl (C=O) groups excluding carboxylic acids is 1. The minimum Gasteiger partial charge on any atom is -0.506 e. The number of amides is 1. The lowest BCUT2D eigenvalue weighted by Crippen LogP contribution is -2.40. The fourth-order valence-corrected chi connectivity index (χ4v) is 3.76. The molecule has 2 fully saturated rings. The molecule has 0 unspecified atom stereocenters. The Labute approximate surface area is 136 Å². The van der Waals surface area contributed by atoms with E-state index in [1.807, 2.05) is 4.90 Å². The van der Waals surface area contributed by atoms with Gasteiger partial charge in [0.2, 0.25) is 0 Å². The van der Waals surface area contributed by atoms with E-state index in [0.717, 1.165) is 63.8 Å². The predicted octanol–water partition coefficient (Wildman–Crippen LogP) is 3.32. The van der Waals surface area contributed by atoms with Crippen molar-refractivity contribution in [3.8, 4) is 5.75 Å². The molecular formula is C17H22ClNO3. The normalized spacial score (nSPS) is 21.0. The van der Waals surface area contributed by atoms with E-state index in [1.165, 1.54) is 6.07 Å². The summed E-state index contributed by atoms with van der Waals surface area (Å²) in [5.74, 6) is 1.49. The molecule has 2 aliphatic heterocycles. The van der Waals surface area contributed by atoms with Crippen molar-refractivity contribution in [1.82, 2.24) is 4.90 Å². The van der Waals surface area contributed by atoms with Gasteiger partial charge in [0.05, 0.1) is 5.02 Å². The van der Waals surface area contributed by atoms with Gasteiger partial charge in [0, 0.05) is 31.9 Å². The van der Waals surface area contributed by atoms with Crippen molar-refractivity contribution in [3.63, 3.8) is 0 Å². The molecular weight excluding hydrogens is 302 g/mol. The molecule has 0 bridgehead atoms. The standard InChI is InChI=1S/C17H22ClNO3/c18-15-11-14(1-2-16(15)20)17(21)19-7-3-12(4-8-19)13-5-9-22-10-6-13/h1-2,11-13,20H,3-10H2. The summed E-state index contributed by atoms with van der Waals surface area (Å²) >= 11 is 5.89.